The average Bonchev–Trinajstić information content (AvgIpc) is 2.77. The van der Waals surface area contributed by atoms with Crippen molar-refractivity contribution < 1.29 is 23.9 Å². The number of allylic oxidation sites excluding steroid dienone is 1. The van der Waals surface area contributed by atoms with E-state index < -0.39 is 23.8 Å². The Morgan fingerprint density at radius 2 is 1.42 bits per heavy atom. The smallest absolute Gasteiger partial charge is 0.324 e. The lowest BCUT2D eigenvalue weighted by Crippen LogP contribution is -2.34. The van der Waals surface area contributed by atoms with Crippen LogP contribution in [0.1, 0.15) is 83.0 Å². The summed E-state index contributed by atoms with van der Waals surface area (Å²) in [6.07, 6.45) is 7.93. The van der Waals surface area contributed by atoms with Crippen LogP contribution in [0.3, 0.4) is 0 Å². The number of hydrogen-bond donors (Lipinski definition) is 0. The van der Waals surface area contributed by atoms with Crippen LogP contribution < -0.4 is 0 Å². The lowest BCUT2D eigenvalue weighted by Gasteiger charge is -2.25. The minimum absolute atomic E-state index is 0.0746. The number of hydrogen-bond acceptors (Lipinski definition) is 5. The number of carbonyl (C=O) groups is 3. The second-order valence-corrected chi connectivity index (χ2v) is 7.56. The van der Waals surface area contributed by atoms with Gasteiger partial charge in [-0.05, 0) is 38.7 Å². The zero-order valence-corrected chi connectivity index (χ0v) is 19.5. The van der Waals surface area contributed by atoms with E-state index >= 15 is 0 Å². The summed E-state index contributed by atoms with van der Waals surface area (Å²) in [5.41, 5.74) is 1.10. The monoisotopic (exact) mass is 430 g/mol. The third-order valence-electron chi connectivity index (χ3n) is 5.19. The number of Topliss-reactive ketones (excluding diaryl/α,β-unsaturated/α-hetero) is 1. The molecule has 5 nitrogen and oxygen atoms in total. The molecule has 0 aromatic heterocycles. The van der Waals surface area contributed by atoms with Crippen molar-refractivity contribution in [3.8, 4) is 0 Å². The van der Waals surface area contributed by atoms with Gasteiger partial charge in [0.2, 0.25) is 0 Å². The van der Waals surface area contributed by atoms with E-state index in [1.807, 2.05) is 24.3 Å². The quantitative estimate of drug-likeness (QED) is 0.113. The molecule has 0 fully saturated rings. The molecule has 0 saturated heterocycles. The molecule has 0 radical (unpaired) electrons. The largest absolute Gasteiger partial charge is 0.465 e. The fraction of sp³-hybridized carbons (Fsp3) is 0.577. The molecule has 1 atom stereocenters. The summed E-state index contributed by atoms with van der Waals surface area (Å²) in [5, 5.41) is 0. The maximum Gasteiger partial charge on any atom is 0.324 e. The highest BCUT2D eigenvalue weighted by molar-refractivity contribution is 6.04. The van der Waals surface area contributed by atoms with E-state index in [0.717, 1.165) is 32.1 Å². The Labute approximate surface area is 187 Å². The highest BCUT2D eigenvalue weighted by atomic mass is 16.6. The SMILES string of the molecule is CCCCC/C=C(\C(CCCC)C(=O)c1ccccc1)C(C(=O)OCC)C(=O)OCC. The predicted octanol–water partition coefficient (Wildman–Crippen LogP) is 5.92. The first-order chi connectivity index (χ1) is 15.0. The van der Waals surface area contributed by atoms with Crippen LogP contribution in [0, 0.1) is 11.8 Å². The fourth-order valence-electron chi connectivity index (χ4n) is 3.60. The van der Waals surface area contributed by atoms with E-state index in [2.05, 4.69) is 13.8 Å². The van der Waals surface area contributed by atoms with Crippen LogP contribution in [-0.4, -0.2) is 30.9 Å². The molecule has 0 aliphatic carbocycles. The number of ether oxygens (including phenoxy) is 2. The Balaban J connectivity index is 3.46. The van der Waals surface area contributed by atoms with Gasteiger partial charge in [-0.25, -0.2) is 0 Å². The minimum atomic E-state index is -1.21. The zero-order chi connectivity index (χ0) is 23.1. The maximum absolute atomic E-state index is 13.5. The molecule has 5 heteroatoms. The van der Waals surface area contributed by atoms with Gasteiger partial charge in [0.25, 0.3) is 0 Å². The van der Waals surface area contributed by atoms with Crippen LogP contribution in [0.25, 0.3) is 0 Å². The van der Waals surface area contributed by atoms with E-state index in [1.165, 1.54) is 0 Å². The molecule has 1 rings (SSSR count). The number of carbonyl (C=O) groups excluding carboxylic acids is 3. The van der Waals surface area contributed by atoms with Crippen LogP contribution in [0.15, 0.2) is 42.0 Å². The highest BCUT2D eigenvalue weighted by Crippen LogP contribution is 2.31. The van der Waals surface area contributed by atoms with E-state index in [9.17, 15) is 14.4 Å². The fourth-order valence-corrected chi connectivity index (χ4v) is 3.60. The van der Waals surface area contributed by atoms with Crippen LogP contribution in [0.4, 0.5) is 0 Å². The Hall–Kier alpha value is -2.43. The number of benzene rings is 1. The molecular formula is C26H38O5. The maximum atomic E-state index is 13.5. The van der Waals surface area contributed by atoms with Gasteiger partial charge in [-0.1, -0.05) is 75.9 Å². The zero-order valence-electron chi connectivity index (χ0n) is 19.5. The number of ketones is 1. The van der Waals surface area contributed by atoms with Crippen LogP contribution >= 0.6 is 0 Å². The summed E-state index contributed by atoms with van der Waals surface area (Å²) in [4.78, 5) is 39.2. The van der Waals surface area contributed by atoms with Crippen molar-refractivity contribution in [2.24, 2.45) is 11.8 Å². The van der Waals surface area contributed by atoms with Gasteiger partial charge in [0, 0.05) is 11.5 Å². The Morgan fingerprint density at radius 1 is 0.839 bits per heavy atom. The lowest BCUT2D eigenvalue weighted by molar-refractivity contribution is -0.159. The molecule has 0 amide bonds. The summed E-state index contributed by atoms with van der Waals surface area (Å²) in [5.74, 6) is -3.15. The average molecular weight is 431 g/mol. The third kappa shape index (κ3) is 8.68. The summed E-state index contributed by atoms with van der Waals surface area (Å²) in [6.45, 7) is 7.90. The molecule has 0 aliphatic heterocycles. The minimum Gasteiger partial charge on any atom is -0.465 e. The summed E-state index contributed by atoms with van der Waals surface area (Å²) in [7, 11) is 0. The molecule has 1 aromatic rings. The van der Waals surface area contributed by atoms with Gasteiger partial charge in [-0.15, -0.1) is 0 Å². The standard InChI is InChI=1S/C26H38O5/c1-5-9-11-15-19-21(23(25(28)30-7-3)26(29)31-8-4)22(18-10-6-2)24(27)20-16-13-12-14-17-20/h12-14,16-17,19,22-23H,5-11,15,18H2,1-4H3/b21-19+. The highest BCUT2D eigenvalue weighted by Gasteiger charge is 2.39. The van der Waals surface area contributed by atoms with Crippen molar-refractivity contribution in [3.63, 3.8) is 0 Å². The van der Waals surface area contributed by atoms with E-state index in [-0.39, 0.29) is 19.0 Å². The first-order valence-corrected chi connectivity index (χ1v) is 11.6. The van der Waals surface area contributed by atoms with Gasteiger partial charge in [0.05, 0.1) is 13.2 Å². The van der Waals surface area contributed by atoms with E-state index in [0.29, 0.717) is 24.0 Å². The van der Waals surface area contributed by atoms with Crippen LogP contribution in [0.2, 0.25) is 0 Å². The van der Waals surface area contributed by atoms with Crippen molar-refractivity contribution in [1.82, 2.24) is 0 Å². The molecule has 0 saturated carbocycles. The summed E-state index contributed by atoms with van der Waals surface area (Å²) in [6, 6.07) is 9.06. The predicted molar refractivity (Wildman–Crippen MR) is 123 cm³/mol. The van der Waals surface area contributed by atoms with Gasteiger partial charge in [-0.3, -0.25) is 14.4 Å². The third-order valence-corrected chi connectivity index (χ3v) is 5.19. The Kier molecular flexibility index (Phi) is 13.2. The molecule has 1 unspecified atom stereocenters. The van der Waals surface area contributed by atoms with Gasteiger partial charge in [0.1, 0.15) is 0 Å². The molecule has 0 N–H and O–H groups in total. The van der Waals surface area contributed by atoms with Crippen LogP contribution in [0.5, 0.6) is 0 Å². The van der Waals surface area contributed by atoms with Crippen molar-refractivity contribution in [1.29, 1.82) is 0 Å². The number of rotatable bonds is 15. The lowest BCUT2D eigenvalue weighted by atomic mass is 9.79. The molecule has 172 valence electrons. The first-order valence-electron chi connectivity index (χ1n) is 11.6. The topological polar surface area (TPSA) is 69.7 Å². The van der Waals surface area contributed by atoms with Gasteiger partial charge in [-0.2, -0.15) is 0 Å². The van der Waals surface area contributed by atoms with Crippen molar-refractivity contribution >= 4 is 17.7 Å². The van der Waals surface area contributed by atoms with Crippen molar-refractivity contribution in [3.05, 3.63) is 47.5 Å². The Bertz CT molecular complexity index is 690. The van der Waals surface area contributed by atoms with Crippen molar-refractivity contribution in [2.75, 3.05) is 13.2 Å². The summed E-state index contributed by atoms with van der Waals surface area (Å²) < 4.78 is 10.5. The summed E-state index contributed by atoms with van der Waals surface area (Å²) >= 11 is 0. The normalized spacial score (nSPS) is 12.5. The number of unbranched alkanes of at least 4 members (excludes halogenated alkanes) is 4. The number of esters is 2. The van der Waals surface area contributed by atoms with E-state index in [1.54, 1.807) is 26.0 Å². The van der Waals surface area contributed by atoms with Gasteiger partial charge in [0.15, 0.2) is 11.7 Å². The second kappa shape index (κ2) is 15.4. The molecule has 0 aliphatic rings. The molecule has 1 aromatic carbocycles. The Morgan fingerprint density at radius 3 is 1.94 bits per heavy atom. The van der Waals surface area contributed by atoms with E-state index in [4.69, 9.17) is 9.47 Å². The molecule has 0 heterocycles. The molecule has 0 spiro atoms. The molecular weight excluding hydrogens is 392 g/mol. The van der Waals surface area contributed by atoms with Crippen molar-refractivity contribution in [2.45, 2.75) is 72.6 Å². The van der Waals surface area contributed by atoms with Gasteiger partial charge < -0.3 is 9.47 Å². The molecule has 0 bridgehead atoms. The van der Waals surface area contributed by atoms with Gasteiger partial charge >= 0.3 is 11.9 Å². The molecule has 31 heavy (non-hydrogen) atoms. The first kappa shape index (κ1) is 26.6. The van der Waals surface area contributed by atoms with Crippen LogP contribution in [-0.2, 0) is 19.1 Å². The second-order valence-electron chi connectivity index (χ2n) is 7.56.